The molecule has 1 aromatic heterocycles. The SMILES string of the molecule is CN(C)[C@H]1CCN(c2ccc([N+](=O)[O-])nc2)C1. The van der Waals surface area contributed by atoms with Crippen molar-refractivity contribution < 1.29 is 4.92 Å². The van der Waals surface area contributed by atoms with Gasteiger partial charge in [-0.05, 0) is 36.5 Å². The molecular weight excluding hydrogens is 220 g/mol. The van der Waals surface area contributed by atoms with E-state index in [9.17, 15) is 10.1 Å². The molecule has 1 aliphatic rings. The largest absolute Gasteiger partial charge is 0.367 e. The van der Waals surface area contributed by atoms with Gasteiger partial charge < -0.3 is 19.9 Å². The van der Waals surface area contributed by atoms with Crippen molar-refractivity contribution in [2.24, 2.45) is 0 Å². The standard InChI is InChI=1S/C11H16N4O2/c1-13(2)10-5-6-14(8-10)9-3-4-11(12-7-9)15(16)17/h3-4,7,10H,5-6,8H2,1-2H3/t10-/m0/s1. The summed E-state index contributed by atoms with van der Waals surface area (Å²) in [5, 5.41) is 10.5. The summed E-state index contributed by atoms with van der Waals surface area (Å²) in [6.45, 7) is 1.93. The van der Waals surface area contributed by atoms with Gasteiger partial charge in [-0.15, -0.1) is 0 Å². The molecule has 1 aromatic rings. The van der Waals surface area contributed by atoms with Gasteiger partial charge >= 0.3 is 5.82 Å². The Kier molecular flexibility index (Phi) is 3.23. The van der Waals surface area contributed by atoms with Crippen LogP contribution in [0.1, 0.15) is 6.42 Å². The molecular formula is C11H16N4O2. The molecule has 0 N–H and O–H groups in total. The number of nitrogens with zero attached hydrogens (tertiary/aromatic N) is 4. The van der Waals surface area contributed by atoms with Crippen molar-refractivity contribution in [3.8, 4) is 0 Å². The second-order valence-electron chi connectivity index (χ2n) is 4.48. The van der Waals surface area contributed by atoms with Crippen LogP contribution in [-0.4, -0.2) is 48.0 Å². The monoisotopic (exact) mass is 236 g/mol. The number of rotatable bonds is 3. The highest BCUT2D eigenvalue weighted by Gasteiger charge is 2.25. The molecule has 6 heteroatoms. The Bertz CT molecular complexity index is 404. The first kappa shape index (κ1) is 11.8. The van der Waals surface area contributed by atoms with Gasteiger partial charge in [0, 0.05) is 25.2 Å². The Hall–Kier alpha value is -1.69. The molecule has 1 saturated heterocycles. The van der Waals surface area contributed by atoms with E-state index in [2.05, 4.69) is 28.9 Å². The van der Waals surface area contributed by atoms with E-state index in [1.54, 1.807) is 12.3 Å². The molecule has 0 radical (unpaired) electrons. The number of hydrogen-bond donors (Lipinski definition) is 0. The van der Waals surface area contributed by atoms with Gasteiger partial charge in [-0.25, -0.2) is 0 Å². The third-order valence-electron chi connectivity index (χ3n) is 3.18. The third-order valence-corrected chi connectivity index (χ3v) is 3.18. The van der Waals surface area contributed by atoms with Crippen molar-refractivity contribution in [1.82, 2.24) is 9.88 Å². The second kappa shape index (κ2) is 4.67. The van der Waals surface area contributed by atoms with E-state index >= 15 is 0 Å². The average molecular weight is 236 g/mol. The zero-order chi connectivity index (χ0) is 12.4. The first-order chi connectivity index (χ1) is 8.08. The molecule has 0 saturated carbocycles. The molecule has 1 fully saturated rings. The normalized spacial score (nSPS) is 19.9. The number of hydrogen-bond acceptors (Lipinski definition) is 5. The molecule has 6 nitrogen and oxygen atoms in total. The quantitative estimate of drug-likeness (QED) is 0.581. The molecule has 0 unspecified atom stereocenters. The van der Waals surface area contributed by atoms with Crippen LogP contribution in [0.5, 0.6) is 0 Å². The zero-order valence-corrected chi connectivity index (χ0v) is 10.0. The summed E-state index contributed by atoms with van der Waals surface area (Å²) in [6, 6.07) is 3.77. The lowest BCUT2D eigenvalue weighted by Gasteiger charge is -2.20. The summed E-state index contributed by atoms with van der Waals surface area (Å²) in [4.78, 5) is 18.3. The van der Waals surface area contributed by atoms with Gasteiger partial charge in [-0.3, -0.25) is 0 Å². The minimum atomic E-state index is -0.476. The maximum atomic E-state index is 10.5. The highest BCUT2D eigenvalue weighted by molar-refractivity contribution is 5.47. The molecule has 92 valence electrons. The zero-order valence-electron chi connectivity index (χ0n) is 10.0. The smallest absolute Gasteiger partial charge is 0.363 e. The Morgan fingerprint density at radius 2 is 2.29 bits per heavy atom. The predicted molar refractivity (Wildman–Crippen MR) is 65.2 cm³/mol. The second-order valence-corrected chi connectivity index (χ2v) is 4.48. The molecule has 0 amide bonds. The van der Waals surface area contributed by atoms with Crippen LogP contribution in [0, 0.1) is 10.1 Å². The molecule has 0 aliphatic carbocycles. The summed E-state index contributed by atoms with van der Waals surface area (Å²) >= 11 is 0. The van der Waals surface area contributed by atoms with E-state index in [0.29, 0.717) is 6.04 Å². The van der Waals surface area contributed by atoms with Crippen molar-refractivity contribution in [2.75, 3.05) is 32.1 Å². The van der Waals surface area contributed by atoms with Gasteiger partial charge in [-0.2, -0.15) is 0 Å². The first-order valence-corrected chi connectivity index (χ1v) is 5.60. The fraction of sp³-hybridized carbons (Fsp3) is 0.545. The number of aromatic nitrogens is 1. The first-order valence-electron chi connectivity index (χ1n) is 5.60. The van der Waals surface area contributed by atoms with E-state index in [4.69, 9.17) is 0 Å². The van der Waals surface area contributed by atoms with Crippen LogP contribution in [0.4, 0.5) is 11.5 Å². The van der Waals surface area contributed by atoms with E-state index in [-0.39, 0.29) is 5.82 Å². The summed E-state index contributed by atoms with van der Waals surface area (Å²) in [6.07, 6.45) is 2.69. The Labute approximate surface area is 100 Å². The van der Waals surface area contributed by atoms with Crippen molar-refractivity contribution in [3.05, 3.63) is 28.4 Å². The lowest BCUT2D eigenvalue weighted by molar-refractivity contribution is -0.389. The van der Waals surface area contributed by atoms with Crippen LogP contribution in [-0.2, 0) is 0 Å². The summed E-state index contributed by atoms with van der Waals surface area (Å²) in [7, 11) is 4.14. The molecule has 0 spiro atoms. The predicted octanol–water partition coefficient (Wildman–Crippen LogP) is 1.13. The van der Waals surface area contributed by atoms with Gasteiger partial charge in [0.1, 0.15) is 0 Å². The molecule has 1 atom stereocenters. The maximum Gasteiger partial charge on any atom is 0.363 e. The van der Waals surface area contributed by atoms with Crippen molar-refractivity contribution in [2.45, 2.75) is 12.5 Å². The topological polar surface area (TPSA) is 62.5 Å². The van der Waals surface area contributed by atoms with Gasteiger partial charge in [-0.1, -0.05) is 0 Å². The third kappa shape index (κ3) is 2.52. The van der Waals surface area contributed by atoms with Crippen molar-refractivity contribution in [1.29, 1.82) is 0 Å². The summed E-state index contributed by atoms with van der Waals surface area (Å²) < 4.78 is 0. The molecule has 0 aromatic carbocycles. The van der Waals surface area contributed by atoms with Crippen LogP contribution in [0.2, 0.25) is 0 Å². The number of nitro groups is 1. The minimum Gasteiger partial charge on any atom is -0.367 e. The van der Waals surface area contributed by atoms with Crippen LogP contribution in [0.25, 0.3) is 0 Å². The maximum absolute atomic E-state index is 10.5. The lowest BCUT2D eigenvalue weighted by atomic mass is 10.2. The summed E-state index contributed by atoms with van der Waals surface area (Å²) in [5.41, 5.74) is 0.958. The minimum absolute atomic E-state index is 0.0999. The van der Waals surface area contributed by atoms with Gasteiger partial charge in [0.05, 0.1) is 5.69 Å². The van der Waals surface area contributed by atoms with Crippen molar-refractivity contribution in [3.63, 3.8) is 0 Å². The van der Waals surface area contributed by atoms with Gasteiger partial charge in [0.15, 0.2) is 6.20 Å². The van der Waals surface area contributed by atoms with Crippen LogP contribution in [0.15, 0.2) is 18.3 Å². The lowest BCUT2D eigenvalue weighted by Crippen LogP contribution is -2.31. The highest BCUT2D eigenvalue weighted by atomic mass is 16.6. The van der Waals surface area contributed by atoms with Crippen LogP contribution < -0.4 is 4.90 Å². The number of anilines is 1. The molecule has 17 heavy (non-hydrogen) atoms. The van der Waals surface area contributed by atoms with Crippen molar-refractivity contribution >= 4 is 11.5 Å². The molecule has 2 rings (SSSR count). The van der Waals surface area contributed by atoms with E-state index in [1.807, 2.05) is 0 Å². The Morgan fingerprint density at radius 1 is 1.53 bits per heavy atom. The van der Waals surface area contributed by atoms with E-state index < -0.39 is 4.92 Å². The fourth-order valence-electron chi connectivity index (χ4n) is 2.07. The van der Waals surface area contributed by atoms with E-state index in [0.717, 1.165) is 25.2 Å². The average Bonchev–Trinajstić information content (AvgIpc) is 2.78. The Morgan fingerprint density at radius 3 is 2.76 bits per heavy atom. The number of pyridine rings is 1. The highest BCUT2D eigenvalue weighted by Crippen LogP contribution is 2.22. The molecule has 1 aliphatic heterocycles. The van der Waals surface area contributed by atoms with E-state index in [1.165, 1.54) is 6.07 Å². The van der Waals surface area contributed by atoms with Gasteiger partial charge in [0.25, 0.3) is 0 Å². The molecule has 0 bridgehead atoms. The molecule has 2 heterocycles. The van der Waals surface area contributed by atoms with Crippen LogP contribution in [0.3, 0.4) is 0 Å². The van der Waals surface area contributed by atoms with Gasteiger partial charge in [0.2, 0.25) is 0 Å². The van der Waals surface area contributed by atoms with Crippen LogP contribution >= 0.6 is 0 Å². The number of likely N-dealkylation sites (N-methyl/N-ethyl adjacent to an activating group) is 1. The Balaban J connectivity index is 2.06. The summed E-state index contributed by atoms with van der Waals surface area (Å²) in [5.74, 6) is -0.0999. The fourth-order valence-corrected chi connectivity index (χ4v) is 2.07.